The highest BCUT2D eigenvalue weighted by Crippen LogP contribution is 2.19. The zero-order chi connectivity index (χ0) is 15.9. The van der Waals surface area contributed by atoms with Crippen molar-refractivity contribution in [3.05, 3.63) is 35.9 Å². The summed E-state index contributed by atoms with van der Waals surface area (Å²) in [5, 5.41) is 4.50. The van der Waals surface area contributed by atoms with Gasteiger partial charge >= 0.3 is 0 Å². The molecule has 6 heteroatoms. The second-order valence-corrected chi connectivity index (χ2v) is 5.22. The van der Waals surface area contributed by atoms with E-state index < -0.39 is 0 Å². The molecule has 1 aromatic carbocycles. The molecular formula is C16H24N4O2. The molecule has 0 spiro atoms. The monoisotopic (exact) mass is 304 g/mol. The molecule has 2 N–H and O–H groups in total. The van der Waals surface area contributed by atoms with Crippen molar-refractivity contribution >= 4 is 0 Å². The third-order valence-electron chi connectivity index (χ3n) is 3.28. The quantitative estimate of drug-likeness (QED) is 0.811. The largest absolute Gasteiger partial charge is 0.497 e. The average molecular weight is 304 g/mol. The van der Waals surface area contributed by atoms with Crippen LogP contribution in [0, 0.1) is 0 Å². The van der Waals surface area contributed by atoms with Gasteiger partial charge in [-0.3, -0.25) is 0 Å². The van der Waals surface area contributed by atoms with Crippen LogP contribution in [0.15, 0.2) is 24.3 Å². The maximum atomic E-state index is 5.96. The lowest BCUT2D eigenvalue weighted by molar-refractivity contribution is 0.292. The fraction of sp³-hybridized carbons (Fsp3) is 0.500. The maximum Gasteiger partial charge on any atom is 0.188 e. The number of benzene rings is 1. The molecule has 0 fully saturated rings. The number of unbranched alkanes of at least 4 members (excludes halogenated alkanes) is 1. The molecule has 0 aliphatic heterocycles. The minimum atomic E-state index is -0.144. The van der Waals surface area contributed by atoms with Crippen LogP contribution in [-0.2, 0) is 13.2 Å². The molecule has 2 aromatic rings. The van der Waals surface area contributed by atoms with Gasteiger partial charge in [0.25, 0.3) is 0 Å². The average Bonchev–Trinajstić information content (AvgIpc) is 2.94. The summed E-state index contributed by atoms with van der Waals surface area (Å²) in [7, 11) is 1.63. The number of ether oxygens (including phenoxy) is 2. The Morgan fingerprint density at radius 2 is 2.09 bits per heavy atom. The minimum Gasteiger partial charge on any atom is -0.497 e. The number of nitrogens with two attached hydrogens (primary N) is 1. The predicted octanol–water partition coefficient (Wildman–Crippen LogP) is 2.69. The Morgan fingerprint density at radius 1 is 1.32 bits per heavy atom. The molecule has 1 atom stereocenters. The maximum absolute atomic E-state index is 5.96. The van der Waals surface area contributed by atoms with E-state index in [1.54, 1.807) is 7.11 Å². The lowest BCUT2D eigenvalue weighted by Gasteiger charge is -2.06. The summed E-state index contributed by atoms with van der Waals surface area (Å²) in [5.74, 6) is 2.94. The van der Waals surface area contributed by atoms with Crippen LogP contribution in [0.1, 0.15) is 44.4 Å². The number of aryl methyl sites for hydroxylation is 1. The summed E-state index contributed by atoms with van der Waals surface area (Å²) >= 11 is 0. The van der Waals surface area contributed by atoms with Gasteiger partial charge < -0.3 is 15.2 Å². The molecule has 0 saturated carbocycles. The van der Waals surface area contributed by atoms with Gasteiger partial charge in [-0.25, -0.2) is 9.67 Å². The summed E-state index contributed by atoms with van der Waals surface area (Å²) in [6, 6.07) is 7.33. The van der Waals surface area contributed by atoms with Crippen LogP contribution in [0.5, 0.6) is 11.5 Å². The van der Waals surface area contributed by atoms with Crippen LogP contribution in [0.25, 0.3) is 0 Å². The van der Waals surface area contributed by atoms with Crippen molar-refractivity contribution in [1.29, 1.82) is 0 Å². The summed E-state index contributed by atoms with van der Waals surface area (Å²) in [6.07, 6.45) is 2.16. The van der Waals surface area contributed by atoms with Crippen molar-refractivity contribution < 1.29 is 9.47 Å². The molecule has 0 aliphatic rings. The lowest BCUT2D eigenvalue weighted by atomic mass is 10.3. The summed E-state index contributed by atoms with van der Waals surface area (Å²) in [6.45, 7) is 5.21. The van der Waals surface area contributed by atoms with E-state index in [0.717, 1.165) is 36.7 Å². The van der Waals surface area contributed by atoms with Gasteiger partial charge in [0.1, 0.15) is 23.9 Å². The van der Waals surface area contributed by atoms with Crippen molar-refractivity contribution in [2.45, 2.75) is 45.9 Å². The molecule has 1 heterocycles. The first-order valence-electron chi connectivity index (χ1n) is 7.60. The van der Waals surface area contributed by atoms with Crippen molar-refractivity contribution in [3.8, 4) is 11.5 Å². The molecule has 0 unspecified atom stereocenters. The third kappa shape index (κ3) is 4.21. The predicted molar refractivity (Wildman–Crippen MR) is 84.9 cm³/mol. The number of rotatable bonds is 8. The Kier molecular flexibility index (Phi) is 5.77. The molecule has 22 heavy (non-hydrogen) atoms. The Morgan fingerprint density at radius 3 is 2.77 bits per heavy atom. The van der Waals surface area contributed by atoms with E-state index in [1.807, 2.05) is 35.9 Å². The van der Waals surface area contributed by atoms with Crippen LogP contribution in [0.3, 0.4) is 0 Å². The highest BCUT2D eigenvalue weighted by atomic mass is 16.5. The van der Waals surface area contributed by atoms with Crippen LogP contribution in [-0.4, -0.2) is 21.9 Å². The van der Waals surface area contributed by atoms with Crippen LogP contribution in [0.2, 0.25) is 0 Å². The van der Waals surface area contributed by atoms with Crippen LogP contribution >= 0.6 is 0 Å². The molecule has 0 bridgehead atoms. The first-order chi connectivity index (χ1) is 10.6. The van der Waals surface area contributed by atoms with E-state index in [2.05, 4.69) is 17.0 Å². The van der Waals surface area contributed by atoms with Crippen molar-refractivity contribution in [3.63, 3.8) is 0 Å². The summed E-state index contributed by atoms with van der Waals surface area (Å²) in [4.78, 5) is 4.49. The van der Waals surface area contributed by atoms with E-state index in [4.69, 9.17) is 15.2 Å². The first kappa shape index (κ1) is 16.3. The second-order valence-electron chi connectivity index (χ2n) is 5.22. The Bertz CT molecular complexity index is 596. The normalized spacial score (nSPS) is 12.2. The first-order valence-corrected chi connectivity index (χ1v) is 7.60. The highest BCUT2D eigenvalue weighted by Gasteiger charge is 2.13. The number of methoxy groups -OCH3 is 1. The topological polar surface area (TPSA) is 75.2 Å². The van der Waals surface area contributed by atoms with E-state index in [0.29, 0.717) is 12.4 Å². The third-order valence-corrected chi connectivity index (χ3v) is 3.28. The number of hydrogen-bond acceptors (Lipinski definition) is 5. The molecule has 6 nitrogen and oxygen atoms in total. The van der Waals surface area contributed by atoms with Gasteiger partial charge in [0, 0.05) is 12.6 Å². The molecule has 0 amide bonds. The van der Waals surface area contributed by atoms with E-state index in [9.17, 15) is 0 Å². The Labute approximate surface area is 131 Å². The van der Waals surface area contributed by atoms with E-state index >= 15 is 0 Å². The summed E-state index contributed by atoms with van der Waals surface area (Å²) in [5.41, 5.74) is 5.96. The second kappa shape index (κ2) is 7.79. The molecule has 2 rings (SSSR count). The van der Waals surface area contributed by atoms with Gasteiger partial charge in [-0.15, -0.1) is 0 Å². The summed E-state index contributed by atoms with van der Waals surface area (Å²) < 4.78 is 12.8. The highest BCUT2D eigenvalue weighted by molar-refractivity contribution is 5.32. The molecular weight excluding hydrogens is 280 g/mol. The van der Waals surface area contributed by atoms with Gasteiger partial charge in [0.15, 0.2) is 5.82 Å². The molecule has 0 radical (unpaired) electrons. The van der Waals surface area contributed by atoms with Crippen molar-refractivity contribution in [2.75, 3.05) is 7.11 Å². The fourth-order valence-electron chi connectivity index (χ4n) is 2.11. The van der Waals surface area contributed by atoms with Gasteiger partial charge in [0.05, 0.1) is 13.2 Å². The zero-order valence-corrected chi connectivity index (χ0v) is 13.5. The van der Waals surface area contributed by atoms with Crippen molar-refractivity contribution in [1.82, 2.24) is 14.8 Å². The molecule has 0 aliphatic carbocycles. The molecule has 120 valence electrons. The number of aromatic nitrogens is 3. The Hall–Kier alpha value is -2.08. The Balaban J connectivity index is 2.05. The SMILES string of the molecule is CCCCn1nc(COc2cccc(OC)c2)nc1[C@@H](C)N. The van der Waals surface area contributed by atoms with Crippen molar-refractivity contribution in [2.24, 2.45) is 5.73 Å². The zero-order valence-electron chi connectivity index (χ0n) is 13.5. The lowest BCUT2D eigenvalue weighted by Crippen LogP contribution is -2.14. The number of nitrogens with zero attached hydrogens (tertiary/aromatic N) is 3. The minimum absolute atomic E-state index is 0.144. The van der Waals surface area contributed by atoms with Gasteiger partial charge in [-0.05, 0) is 25.5 Å². The van der Waals surface area contributed by atoms with E-state index in [-0.39, 0.29) is 6.04 Å². The van der Waals surface area contributed by atoms with E-state index in [1.165, 1.54) is 0 Å². The van der Waals surface area contributed by atoms with Crippen LogP contribution in [0.4, 0.5) is 0 Å². The van der Waals surface area contributed by atoms with Gasteiger partial charge in [-0.1, -0.05) is 19.4 Å². The van der Waals surface area contributed by atoms with Gasteiger partial charge in [0.2, 0.25) is 0 Å². The molecule has 1 aromatic heterocycles. The van der Waals surface area contributed by atoms with Crippen LogP contribution < -0.4 is 15.2 Å². The smallest absolute Gasteiger partial charge is 0.188 e. The van der Waals surface area contributed by atoms with Gasteiger partial charge in [-0.2, -0.15) is 5.10 Å². The standard InChI is InChI=1S/C16H24N4O2/c1-4-5-9-20-16(12(2)17)18-15(19-20)11-22-14-8-6-7-13(10-14)21-3/h6-8,10,12H,4-5,9,11,17H2,1-3H3/t12-/m1/s1. The fourth-order valence-corrected chi connectivity index (χ4v) is 2.11. The number of hydrogen-bond donors (Lipinski definition) is 1. The molecule has 0 saturated heterocycles.